The number of nitrogens with zero attached hydrogens (tertiary/aromatic N) is 1. The lowest BCUT2D eigenvalue weighted by molar-refractivity contribution is -0.142. The molecule has 0 saturated carbocycles. The molecule has 0 spiro atoms. The van der Waals surface area contributed by atoms with Crippen molar-refractivity contribution in [1.82, 2.24) is 4.90 Å². The molecule has 1 N–H and O–H groups in total. The number of carboxylic acid groups (broad SMARTS) is 1. The van der Waals surface area contributed by atoms with E-state index in [4.69, 9.17) is 4.42 Å². The third-order valence-electron chi connectivity index (χ3n) is 3.55. The average Bonchev–Trinajstić information content (AvgIpc) is 2.71. The standard InChI is InChI=1S/C14H21NO3/c16-14(17)12(10-13-6-5-9-18-13)11-15-7-3-1-2-4-8-15/h5-6,9,12H,1-4,7-8,10-11H2,(H,16,17). The summed E-state index contributed by atoms with van der Waals surface area (Å²) in [6.07, 6.45) is 7.00. The van der Waals surface area contributed by atoms with Gasteiger partial charge in [0.25, 0.3) is 0 Å². The van der Waals surface area contributed by atoms with Gasteiger partial charge in [-0.25, -0.2) is 0 Å². The number of hydrogen-bond acceptors (Lipinski definition) is 3. The van der Waals surface area contributed by atoms with Gasteiger partial charge in [0, 0.05) is 13.0 Å². The Bertz CT molecular complexity index is 353. The molecule has 1 aliphatic rings. The van der Waals surface area contributed by atoms with E-state index in [9.17, 15) is 9.90 Å². The molecule has 100 valence electrons. The summed E-state index contributed by atoms with van der Waals surface area (Å²) in [7, 11) is 0. The van der Waals surface area contributed by atoms with Crippen LogP contribution in [0.2, 0.25) is 0 Å². The van der Waals surface area contributed by atoms with Gasteiger partial charge in [0.1, 0.15) is 5.76 Å². The van der Waals surface area contributed by atoms with E-state index in [1.54, 1.807) is 12.3 Å². The summed E-state index contributed by atoms with van der Waals surface area (Å²) in [4.78, 5) is 13.6. The fraction of sp³-hybridized carbons (Fsp3) is 0.643. The Morgan fingerprint density at radius 1 is 1.33 bits per heavy atom. The van der Waals surface area contributed by atoms with Crippen molar-refractivity contribution in [3.63, 3.8) is 0 Å². The maximum absolute atomic E-state index is 11.3. The molecule has 1 aromatic heterocycles. The van der Waals surface area contributed by atoms with Crippen molar-refractivity contribution < 1.29 is 14.3 Å². The predicted molar refractivity (Wildman–Crippen MR) is 68.4 cm³/mol. The molecule has 1 aromatic rings. The zero-order valence-corrected chi connectivity index (χ0v) is 10.7. The zero-order chi connectivity index (χ0) is 12.8. The van der Waals surface area contributed by atoms with Gasteiger partial charge in [-0.3, -0.25) is 4.79 Å². The van der Waals surface area contributed by atoms with Crippen LogP contribution < -0.4 is 0 Å². The van der Waals surface area contributed by atoms with E-state index in [0.29, 0.717) is 13.0 Å². The van der Waals surface area contributed by atoms with Gasteiger partial charge >= 0.3 is 5.97 Å². The second-order valence-corrected chi connectivity index (χ2v) is 5.03. The predicted octanol–water partition coefficient (Wildman–Crippen LogP) is 2.40. The Balaban J connectivity index is 1.90. The first-order valence-corrected chi connectivity index (χ1v) is 6.73. The van der Waals surface area contributed by atoms with Gasteiger partial charge in [0.2, 0.25) is 0 Å². The molecule has 1 saturated heterocycles. The molecule has 2 rings (SSSR count). The topological polar surface area (TPSA) is 53.7 Å². The molecule has 4 heteroatoms. The normalized spacial score (nSPS) is 19.3. The number of rotatable bonds is 5. The Kier molecular flexibility index (Phi) is 4.81. The fourth-order valence-corrected chi connectivity index (χ4v) is 2.53. The van der Waals surface area contributed by atoms with Crippen LogP contribution in [-0.2, 0) is 11.2 Å². The van der Waals surface area contributed by atoms with Crippen LogP contribution in [0.15, 0.2) is 22.8 Å². The van der Waals surface area contributed by atoms with Crippen LogP contribution in [0, 0.1) is 5.92 Å². The molecule has 1 unspecified atom stereocenters. The minimum atomic E-state index is -0.726. The molecular formula is C14H21NO3. The summed E-state index contributed by atoms with van der Waals surface area (Å²) in [5, 5.41) is 9.30. The first-order chi connectivity index (χ1) is 8.75. The first-order valence-electron chi connectivity index (χ1n) is 6.73. The summed E-state index contributed by atoms with van der Waals surface area (Å²) in [6.45, 7) is 2.69. The van der Waals surface area contributed by atoms with Gasteiger partial charge in [-0.15, -0.1) is 0 Å². The number of aliphatic carboxylic acids is 1. The van der Waals surface area contributed by atoms with Crippen LogP contribution in [-0.4, -0.2) is 35.6 Å². The van der Waals surface area contributed by atoms with Gasteiger partial charge in [-0.05, 0) is 38.1 Å². The van der Waals surface area contributed by atoms with Gasteiger partial charge in [-0.2, -0.15) is 0 Å². The highest BCUT2D eigenvalue weighted by Crippen LogP contribution is 2.15. The second kappa shape index (κ2) is 6.59. The lowest BCUT2D eigenvalue weighted by Gasteiger charge is -2.23. The van der Waals surface area contributed by atoms with Crippen LogP contribution in [0.5, 0.6) is 0 Å². The summed E-state index contributed by atoms with van der Waals surface area (Å²) in [5.74, 6) is -0.331. The lowest BCUT2D eigenvalue weighted by Crippen LogP contribution is -2.35. The minimum absolute atomic E-state index is 0.366. The molecule has 1 atom stereocenters. The Morgan fingerprint density at radius 3 is 2.61 bits per heavy atom. The molecule has 1 aliphatic heterocycles. The van der Waals surface area contributed by atoms with Crippen LogP contribution in [0.3, 0.4) is 0 Å². The molecule has 1 fully saturated rings. The summed E-state index contributed by atoms with van der Waals surface area (Å²) in [6, 6.07) is 3.65. The Morgan fingerprint density at radius 2 is 2.06 bits per heavy atom. The largest absolute Gasteiger partial charge is 0.481 e. The van der Waals surface area contributed by atoms with Gasteiger partial charge in [-0.1, -0.05) is 12.8 Å². The third-order valence-corrected chi connectivity index (χ3v) is 3.55. The molecule has 0 radical (unpaired) electrons. The molecule has 4 nitrogen and oxygen atoms in total. The van der Waals surface area contributed by atoms with E-state index in [2.05, 4.69) is 4.90 Å². The highest BCUT2D eigenvalue weighted by Gasteiger charge is 2.23. The summed E-state index contributed by atoms with van der Waals surface area (Å²) < 4.78 is 5.25. The van der Waals surface area contributed by atoms with Crippen molar-refractivity contribution in [2.75, 3.05) is 19.6 Å². The molecule has 0 amide bonds. The first kappa shape index (κ1) is 13.1. The maximum atomic E-state index is 11.3. The SMILES string of the molecule is O=C(O)C(Cc1ccco1)CN1CCCCCC1. The van der Waals surface area contributed by atoms with Crippen molar-refractivity contribution in [3.8, 4) is 0 Å². The highest BCUT2D eigenvalue weighted by atomic mass is 16.4. The number of hydrogen-bond donors (Lipinski definition) is 1. The van der Waals surface area contributed by atoms with Gasteiger partial charge in [0.05, 0.1) is 12.2 Å². The number of furan rings is 1. The quantitative estimate of drug-likeness (QED) is 0.873. The van der Waals surface area contributed by atoms with Crippen molar-refractivity contribution >= 4 is 5.97 Å². The monoisotopic (exact) mass is 251 g/mol. The molecule has 0 aliphatic carbocycles. The van der Waals surface area contributed by atoms with E-state index < -0.39 is 5.97 Å². The van der Waals surface area contributed by atoms with Crippen LogP contribution in [0.1, 0.15) is 31.4 Å². The Labute approximate surface area is 108 Å². The van der Waals surface area contributed by atoms with E-state index >= 15 is 0 Å². The zero-order valence-electron chi connectivity index (χ0n) is 10.7. The third kappa shape index (κ3) is 3.88. The van der Waals surface area contributed by atoms with E-state index in [0.717, 1.165) is 18.8 Å². The highest BCUT2D eigenvalue weighted by molar-refractivity contribution is 5.70. The molecule has 0 bridgehead atoms. The summed E-state index contributed by atoms with van der Waals surface area (Å²) in [5.41, 5.74) is 0. The molecular weight excluding hydrogens is 230 g/mol. The van der Waals surface area contributed by atoms with Crippen molar-refractivity contribution in [2.24, 2.45) is 5.92 Å². The van der Waals surface area contributed by atoms with Gasteiger partial charge in [0.15, 0.2) is 0 Å². The van der Waals surface area contributed by atoms with Crippen molar-refractivity contribution in [2.45, 2.75) is 32.1 Å². The van der Waals surface area contributed by atoms with Gasteiger partial charge < -0.3 is 14.4 Å². The smallest absolute Gasteiger partial charge is 0.308 e. The van der Waals surface area contributed by atoms with Crippen LogP contribution in [0.4, 0.5) is 0 Å². The van der Waals surface area contributed by atoms with Crippen molar-refractivity contribution in [3.05, 3.63) is 24.2 Å². The van der Waals surface area contributed by atoms with E-state index in [1.807, 2.05) is 6.07 Å². The van der Waals surface area contributed by atoms with Crippen LogP contribution >= 0.6 is 0 Å². The fourth-order valence-electron chi connectivity index (χ4n) is 2.53. The lowest BCUT2D eigenvalue weighted by atomic mass is 10.0. The second-order valence-electron chi connectivity index (χ2n) is 5.03. The molecule has 0 aromatic carbocycles. The maximum Gasteiger partial charge on any atom is 0.308 e. The number of carbonyl (C=O) groups is 1. The number of carboxylic acids is 1. The average molecular weight is 251 g/mol. The summed E-state index contributed by atoms with van der Waals surface area (Å²) >= 11 is 0. The molecule has 2 heterocycles. The number of likely N-dealkylation sites (tertiary alicyclic amines) is 1. The van der Waals surface area contributed by atoms with Crippen LogP contribution in [0.25, 0.3) is 0 Å². The Hall–Kier alpha value is -1.29. The van der Waals surface area contributed by atoms with E-state index in [-0.39, 0.29) is 5.92 Å². The molecule has 18 heavy (non-hydrogen) atoms. The minimum Gasteiger partial charge on any atom is -0.481 e. The van der Waals surface area contributed by atoms with Crippen molar-refractivity contribution in [1.29, 1.82) is 0 Å². The van der Waals surface area contributed by atoms with E-state index in [1.165, 1.54) is 25.7 Å².